The summed E-state index contributed by atoms with van der Waals surface area (Å²) in [5, 5.41) is 13.8. The van der Waals surface area contributed by atoms with Crippen molar-refractivity contribution in [2.45, 2.75) is 12.6 Å². The summed E-state index contributed by atoms with van der Waals surface area (Å²) in [6.07, 6.45) is -1.32. The van der Waals surface area contributed by atoms with Gasteiger partial charge < -0.3 is 9.84 Å². The SMILES string of the molecule is O=C(O)C1OC(c2ccccc2)=NN1C(=O)CCS. The number of carbonyl (C=O) groups is 2. The molecule has 0 saturated carbocycles. The van der Waals surface area contributed by atoms with Crippen molar-refractivity contribution in [3.8, 4) is 0 Å². The molecule has 1 heterocycles. The maximum atomic E-state index is 11.8. The predicted octanol–water partition coefficient (Wildman–Crippen LogP) is 0.938. The van der Waals surface area contributed by atoms with Gasteiger partial charge in [-0.2, -0.15) is 17.6 Å². The van der Waals surface area contributed by atoms with Crippen LogP contribution in [0.1, 0.15) is 12.0 Å². The molecule has 19 heavy (non-hydrogen) atoms. The number of rotatable bonds is 4. The lowest BCUT2D eigenvalue weighted by Crippen LogP contribution is -2.39. The number of benzene rings is 1. The van der Waals surface area contributed by atoms with Gasteiger partial charge in [-0.1, -0.05) is 18.2 Å². The second kappa shape index (κ2) is 5.75. The molecule has 1 unspecified atom stereocenters. The number of nitrogens with zero attached hydrogens (tertiary/aromatic N) is 2. The fourth-order valence-corrected chi connectivity index (χ4v) is 1.78. The number of amides is 1. The second-order valence-electron chi connectivity index (χ2n) is 3.79. The number of carboxylic acid groups (broad SMARTS) is 1. The van der Waals surface area contributed by atoms with Gasteiger partial charge in [0.1, 0.15) is 0 Å². The van der Waals surface area contributed by atoms with E-state index >= 15 is 0 Å². The molecule has 100 valence electrons. The zero-order chi connectivity index (χ0) is 13.8. The third kappa shape index (κ3) is 2.87. The van der Waals surface area contributed by atoms with Crippen molar-refractivity contribution in [3.63, 3.8) is 0 Å². The van der Waals surface area contributed by atoms with E-state index in [2.05, 4.69) is 17.7 Å². The van der Waals surface area contributed by atoms with Crippen LogP contribution in [0.15, 0.2) is 35.4 Å². The van der Waals surface area contributed by atoms with Crippen molar-refractivity contribution in [3.05, 3.63) is 35.9 Å². The van der Waals surface area contributed by atoms with Crippen LogP contribution in [0.3, 0.4) is 0 Å². The molecule has 0 bridgehead atoms. The van der Waals surface area contributed by atoms with Gasteiger partial charge in [0.25, 0.3) is 6.23 Å². The van der Waals surface area contributed by atoms with Crippen molar-refractivity contribution in [1.82, 2.24) is 5.01 Å². The molecule has 0 aliphatic carbocycles. The van der Waals surface area contributed by atoms with E-state index in [0.29, 0.717) is 11.3 Å². The van der Waals surface area contributed by atoms with Crippen molar-refractivity contribution < 1.29 is 19.4 Å². The van der Waals surface area contributed by atoms with Gasteiger partial charge in [-0.05, 0) is 17.9 Å². The number of carboxylic acids is 1. The number of thiol groups is 1. The van der Waals surface area contributed by atoms with Gasteiger partial charge in [0.15, 0.2) is 0 Å². The van der Waals surface area contributed by atoms with Crippen LogP contribution in [-0.2, 0) is 14.3 Å². The zero-order valence-corrected chi connectivity index (χ0v) is 10.8. The van der Waals surface area contributed by atoms with E-state index in [4.69, 9.17) is 9.84 Å². The molecule has 2 rings (SSSR count). The van der Waals surface area contributed by atoms with E-state index in [1.807, 2.05) is 6.07 Å². The third-order valence-electron chi connectivity index (χ3n) is 2.46. The van der Waals surface area contributed by atoms with Crippen LogP contribution >= 0.6 is 12.6 Å². The van der Waals surface area contributed by atoms with E-state index in [9.17, 15) is 9.59 Å². The highest BCUT2D eigenvalue weighted by molar-refractivity contribution is 7.80. The molecule has 1 amide bonds. The van der Waals surface area contributed by atoms with Crippen molar-refractivity contribution >= 4 is 30.4 Å². The van der Waals surface area contributed by atoms with E-state index in [1.54, 1.807) is 24.3 Å². The smallest absolute Gasteiger partial charge is 0.368 e. The zero-order valence-electron chi connectivity index (χ0n) is 9.89. The average Bonchev–Trinajstić information content (AvgIpc) is 2.85. The fraction of sp³-hybridized carbons (Fsp3) is 0.250. The van der Waals surface area contributed by atoms with E-state index in [1.165, 1.54) is 0 Å². The number of hydrogen-bond donors (Lipinski definition) is 2. The van der Waals surface area contributed by atoms with Gasteiger partial charge in [0.2, 0.25) is 11.8 Å². The summed E-state index contributed by atoms with van der Waals surface area (Å²) in [6.45, 7) is 0. The van der Waals surface area contributed by atoms with Crippen molar-refractivity contribution in [2.24, 2.45) is 5.10 Å². The highest BCUT2D eigenvalue weighted by atomic mass is 32.1. The van der Waals surface area contributed by atoms with Crippen LogP contribution in [0.4, 0.5) is 0 Å². The predicted molar refractivity (Wildman–Crippen MR) is 70.8 cm³/mol. The number of ether oxygens (including phenoxy) is 1. The molecule has 6 nitrogen and oxygen atoms in total. The standard InChI is InChI=1S/C12H12N2O4S/c15-9(6-7-19)14-11(12(16)17)18-10(13-14)8-4-2-1-3-5-8/h1-5,11,19H,6-7H2,(H,16,17). The Morgan fingerprint density at radius 3 is 2.63 bits per heavy atom. The molecule has 1 atom stereocenters. The van der Waals surface area contributed by atoms with Crippen LogP contribution in [0.25, 0.3) is 0 Å². The van der Waals surface area contributed by atoms with Gasteiger partial charge in [0, 0.05) is 12.0 Å². The molecule has 1 N–H and O–H groups in total. The van der Waals surface area contributed by atoms with Crippen LogP contribution in [0.2, 0.25) is 0 Å². The van der Waals surface area contributed by atoms with Crippen LogP contribution in [0.5, 0.6) is 0 Å². The van der Waals surface area contributed by atoms with Gasteiger partial charge in [-0.25, -0.2) is 4.79 Å². The monoisotopic (exact) mass is 280 g/mol. The van der Waals surface area contributed by atoms with E-state index in [-0.39, 0.29) is 12.3 Å². The Balaban J connectivity index is 2.26. The Morgan fingerprint density at radius 1 is 1.37 bits per heavy atom. The molecule has 1 aliphatic rings. The number of carbonyl (C=O) groups excluding carboxylic acids is 1. The summed E-state index contributed by atoms with van der Waals surface area (Å²) in [5.41, 5.74) is 0.620. The minimum atomic E-state index is -1.41. The van der Waals surface area contributed by atoms with Gasteiger partial charge in [-0.3, -0.25) is 4.79 Å². The Labute approximate surface area is 115 Å². The summed E-state index contributed by atoms with van der Waals surface area (Å²) in [7, 11) is 0. The summed E-state index contributed by atoms with van der Waals surface area (Å²) >= 11 is 3.94. The number of aliphatic carboxylic acids is 1. The van der Waals surface area contributed by atoms with Crippen LogP contribution in [0, 0.1) is 0 Å². The molecular weight excluding hydrogens is 268 g/mol. The van der Waals surface area contributed by atoms with Crippen LogP contribution in [-0.4, -0.2) is 39.9 Å². The molecule has 1 aliphatic heterocycles. The lowest BCUT2D eigenvalue weighted by Gasteiger charge is -2.15. The van der Waals surface area contributed by atoms with Crippen molar-refractivity contribution in [2.75, 3.05) is 5.75 Å². The minimum Gasteiger partial charge on any atom is -0.477 e. The quantitative estimate of drug-likeness (QED) is 0.804. The summed E-state index contributed by atoms with van der Waals surface area (Å²) < 4.78 is 5.22. The lowest BCUT2D eigenvalue weighted by molar-refractivity contribution is -0.159. The number of hydrogen-bond acceptors (Lipinski definition) is 5. The maximum absolute atomic E-state index is 11.8. The minimum absolute atomic E-state index is 0.0990. The maximum Gasteiger partial charge on any atom is 0.368 e. The fourth-order valence-electron chi connectivity index (χ4n) is 1.59. The summed E-state index contributed by atoms with van der Waals surface area (Å²) in [5.74, 6) is -1.26. The van der Waals surface area contributed by atoms with Crippen LogP contribution < -0.4 is 0 Å². The number of hydrazone groups is 1. The lowest BCUT2D eigenvalue weighted by atomic mass is 10.2. The molecule has 1 aromatic rings. The Hall–Kier alpha value is -2.02. The molecule has 0 aromatic heterocycles. The van der Waals surface area contributed by atoms with E-state index in [0.717, 1.165) is 5.01 Å². The summed E-state index contributed by atoms with van der Waals surface area (Å²) in [4.78, 5) is 22.8. The van der Waals surface area contributed by atoms with Gasteiger partial charge in [0.05, 0.1) is 0 Å². The first-order chi connectivity index (χ1) is 9.13. The normalized spacial score (nSPS) is 17.8. The molecule has 0 radical (unpaired) electrons. The molecule has 0 saturated heterocycles. The molecule has 1 aromatic carbocycles. The topological polar surface area (TPSA) is 79.2 Å². The Bertz CT molecular complexity index is 518. The van der Waals surface area contributed by atoms with Crippen molar-refractivity contribution in [1.29, 1.82) is 0 Å². The Morgan fingerprint density at radius 2 is 2.05 bits per heavy atom. The highest BCUT2D eigenvalue weighted by Crippen LogP contribution is 2.18. The average molecular weight is 280 g/mol. The first kappa shape index (κ1) is 13.4. The molecule has 7 heteroatoms. The van der Waals surface area contributed by atoms with E-state index < -0.39 is 18.1 Å². The summed E-state index contributed by atoms with van der Waals surface area (Å²) in [6, 6.07) is 8.82. The molecule has 0 spiro atoms. The largest absolute Gasteiger partial charge is 0.477 e. The first-order valence-corrected chi connectivity index (χ1v) is 6.23. The Kier molecular flexibility index (Phi) is 4.06. The van der Waals surface area contributed by atoms with Gasteiger partial charge >= 0.3 is 5.97 Å². The highest BCUT2D eigenvalue weighted by Gasteiger charge is 2.38. The first-order valence-electron chi connectivity index (χ1n) is 5.60. The van der Waals surface area contributed by atoms with Gasteiger partial charge in [-0.15, -0.1) is 5.10 Å². The second-order valence-corrected chi connectivity index (χ2v) is 4.24. The third-order valence-corrected chi connectivity index (χ3v) is 2.68. The molecular formula is C12H12N2O4S. The molecule has 0 fully saturated rings.